The Bertz CT molecular complexity index is 15.5. The standard InChI is InChI=1S/O.H3Si.Ta.Zr/h;1H3;;. The van der Waals surface area contributed by atoms with Crippen LogP contribution in [0.5, 0.6) is 0 Å². The van der Waals surface area contributed by atoms with Crippen LogP contribution in [-0.2, 0) is 48.4 Å². The van der Waals surface area contributed by atoms with Gasteiger partial charge in [0.2, 0.25) is 0 Å². The Morgan fingerprint density at radius 1 is 1.75 bits per heavy atom. The van der Waals surface area contributed by atoms with E-state index in [4.69, 9.17) is 0 Å². The molecule has 0 spiro atoms. The van der Waals surface area contributed by atoms with Crippen molar-refractivity contribution in [3.05, 3.63) is 0 Å². The van der Waals surface area contributed by atoms with Gasteiger partial charge in [0, 0.05) is 26.2 Å². The molecular formula is H3OSiTaZr. The van der Waals surface area contributed by atoms with Crippen molar-refractivity contribution in [3.63, 3.8) is 0 Å². The van der Waals surface area contributed by atoms with Gasteiger partial charge in [0.15, 0.2) is 0 Å². The normalized spacial score (nSPS) is 4.00. The summed E-state index contributed by atoms with van der Waals surface area (Å²) in [5.41, 5.74) is 0. The van der Waals surface area contributed by atoms with E-state index in [1.54, 1.807) is 0 Å². The van der Waals surface area contributed by atoms with Crippen molar-refractivity contribution in [1.82, 2.24) is 0 Å². The van der Waals surface area contributed by atoms with Crippen molar-refractivity contribution in [1.29, 1.82) is 0 Å². The van der Waals surface area contributed by atoms with Crippen molar-refractivity contribution < 1.29 is 48.4 Å². The Hall–Kier alpha value is 1.64. The van der Waals surface area contributed by atoms with E-state index >= 15 is 0 Å². The van der Waals surface area contributed by atoms with Gasteiger partial charge in [0.1, 0.15) is 0 Å². The minimum absolute atomic E-state index is 0. The van der Waals surface area contributed by atoms with Crippen LogP contribution in [0.1, 0.15) is 0 Å². The zero-order valence-corrected chi connectivity index (χ0v) is 10.0. The molecule has 0 aliphatic heterocycles. The molecule has 4 heavy (non-hydrogen) atoms. The first-order valence-corrected chi connectivity index (χ1v) is 12.5. The second kappa shape index (κ2) is 8.82. The van der Waals surface area contributed by atoms with Gasteiger partial charge in [-0.25, -0.2) is 0 Å². The molecule has 22 valence electrons. The summed E-state index contributed by atoms with van der Waals surface area (Å²) in [4.78, 5) is 0. The van der Waals surface area contributed by atoms with Crippen LogP contribution in [0.15, 0.2) is 0 Å². The van der Waals surface area contributed by atoms with Crippen LogP contribution in [0, 0.1) is 0 Å². The molecule has 0 saturated carbocycles. The van der Waals surface area contributed by atoms with Crippen LogP contribution in [0.3, 0.4) is 0 Å². The largest absolute Gasteiger partial charge is 0 e. The van der Waals surface area contributed by atoms with Crippen molar-refractivity contribution in [2.24, 2.45) is 0 Å². The predicted octanol–water partition coefficient (Wildman–Crippen LogP) is -1.31. The van der Waals surface area contributed by atoms with Gasteiger partial charge in [0.25, 0.3) is 0 Å². The van der Waals surface area contributed by atoms with Gasteiger partial charge in [-0.05, 0) is 0 Å². The van der Waals surface area contributed by atoms with E-state index in [1.807, 2.05) is 0 Å². The summed E-state index contributed by atoms with van der Waals surface area (Å²) in [7, 11) is 0.994. The topological polar surface area (TPSA) is 17.1 Å². The Morgan fingerprint density at radius 3 is 1.75 bits per heavy atom. The Balaban J connectivity index is 0. The monoisotopic (exact) mass is 318 g/mol. The first-order valence-electron chi connectivity index (χ1n) is 0.630. The van der Waals surface area contributed by atoms with Gasteiger partial charge in [-0.1, -0.05) is 0 Å². The molecule has 0 bridgehead atoms. The molecule has 0 fully saturated rings. The van der Waals surface area contributed by atoms with Gasteiger partial charge < -0.3 is 0 Å². The summed E-state index contributed by atoms with van der Waals surface area (Å²) in [6, 6.07) is 0. The second-order valence-electron chi connectivity index (χ2n) is 0.183. The van der Waals surface area contributed by atoms with Crippen LogP contribution >= 0.6 is 0 Å². The number of hydrogen-bond donors (Lipinski definition) is 0. The smallest absolute Gasteiger partial charge is 0 e. The molecule has 0 aliphatic rings. The van der Waals surface area contributed by atoms with Crippen molar-refractivity contribution >= 4 is 8.00 Å². The average molecular weight is 319 g/mol. The zero-order chi connectivity index (χ0) is 2.71. The molecular weight excluding hydrogens is 316 g/mol. The molecule has 1 nitrogen and oxygen atoms in total. The summed E-state index contributed by atoms with van der Waals surface area (Å²) in [5, 5.41) is 0. The van der Waals surface area contributed by atoms with Crippen molar-refractivity contribution in [2.75, 3.05) is 0 Å². The molecule has 0 saturated heterocycles. The van der Waals surface area contributed by atoms with Crippen LogP contribution in [0.25, 0.3) is 0 Å². The molecule has 0 unspecified atom stereocenters. The number of rotatable bonds is 0. The fourth-order valence-electron chi connectivity index (χ4n) is 0. The predicted molar refractivity (Wildman–Crippen MR) is 10.6 cm³/mol. The van der Waals surface area contributed by atoms with Gasteiger partial charge in [-0.2, -0.15) is 0 Å². The molecule has 0 aromatic rings. The summed E-state index contributed by atoms with van der Waals surface area (Å²) in [5.74, 6) is 0. The first-order chi connectivity index (χ1) is 1.41. The second-order valence-corrected chi connectivity index (χ2v) is 4.48. The van der Waals surface area contributed by atoms with Gasteiger partial charge >= 0.3 is 30.2 Å². The maximum atomic E-state index is 9.17. The minimum atomic E-state index is -0.944. The van der Waals surface area contributed by atoms with Crippen LogP contribution in [-0.4, -0.2) is 8.00 Å². The van der Waals surface area contributed by atoms with E-state index in [9.17, 15) is 3.25 Å². The van der Waals surface area contributed by atoms with E-state index < -0.39 is 19.0 Å². The van der Waals surface area contributed by atoms with Crippen LogP contribution in [0.4, 0.5) is 0 Å². The van der Waals surface area contributed by atoms with Gasteiger partial charge in [-0.15, -0.1) is 0 Å². The summed E-state index contributed by atoms with van der Waals surface area (Å²) in [6.07, 6.45) is 0. The Kier molecular flexibility index (Phi) is 20.2. The molecule has 0 N–H and O–H groups in total. The maximum Gasteiger partial charge on any atom is 0 e. The molecule has 4 heteroatoms. The third-order valence-corrected chi connectivity index (χ3v) is 0. The van der Waals surface area contributed by atoms with Gasteiger partial charge in [0.05, 0.1) is 0 Å². The first kappa shape index (κ1) is 9.16. The summed E-state index contributed by atoms with van der Waals surface area (Å²) in [6.45, 7) is 0. The SMILES string of the molecule is [O]=[Ta][SiH3].[Zr]. The molecule has 0 aromatic heterocycles. The van der Waals surface area contributed by atoms with E-state index in [-0.39, 0.29) is 26.2 Å². The van der Waals surface area contributed by atoms with E-state index in [1.165, 1.54) is 0 Å². The van der Waals surface area contributed by atoms with Gasteiger partial charge in [-0.3, -0.25) is 0 Å². The average Bonchev–Trinajstić information content (AvgIpc) is 0.918. The van der Waals surface area contributed by atoms with E-state index in [2.05, 4.69) is 0 Å². The summed E-state index contributed by atoms with van der Waals surface area (Å²) >= 11 is -0.944. The Morgan fingerprint density at radius 2 is 1.75 bits per heavy atom. The van der Waals surface area contributed by atoms with Crippen molar-refractivity contribution in [2.45, 2.75) is 0 Å². The van der Waals surface area contributed by atoms with E-state index in [0.717, 1.165) is 8.00 Å². The fraction of sp³-hybridized carbons (Fsp3) is 0. The number of hydrogen-bond acceptors (Lipinski definition) is 1. The molecule has 0 heterocycles. The maximum absolute atomic E-state index is 9.17. The molecule has 0 radical (unpaired) electrons. The molecule has 0 rings (SSSR count). The molecule has 0 aliphatic carbocycles. The fourth-order valence-corrected chi connectivity index (χ4v) is 0. The minimum Gasteiger partial charge on any atom is 0 e. The van der Waals surface area contributed by atoms with Crippen molar-refractivity contribution in [3.8, 4) is 0 Å². The van der Waals surface area contributed by atoms with E-state index in [0.29, 0.717) is 0 Å². The third kappa shape index (κ3) is 9.43. The van der Waals surface area contributed by atoms with Crippen LogP contribution < -0.4 is 0 Å². The zero-order valence-electron chi connectivity index (χ0n) is 2.36. The molecule has 0 atom stereocenters. The summed E-state index contributed by atoms with van der Waals surface area (Å²) < 4.78 is 9.17. The molecule has 0 aromatic carbocycles. The Labute approximate surface area is 55.9 Å². The third-order valence-electron chi connectivity index (χ3n) is 0. The molecule has 0 amide bonds. The van der Waals surface area contributed by atoms with Crippen LogP contribution in [0.2, 0.25) is 0 Å². The quantitative estimate of drug-likeness (QED) is 0.507.